The Kier molecular flexibility index (Phi) is 4.59. The van der Waals surface area contributed by atoms with Crippen LogP contribution in [0.3, 0.4) is 0 Å². The maximum absolute atomic E-state index is 5.75. The molecule has 0 saturated heterocycles. The molecule has 0 aromatic heterocycles. The summed E-state index contributed by atoms with van der Waals surface area (Å²) in [5.74, 6) is 1.90. The molecule has 0 saturated carbocycles. The van der Waals surface area contributed by atoms with Gasteiger partial charge in [-0.2, -0.15) is 0 Å². The average Bonchev–Trinajstić information content (AvgIpc) is 2.89. The number of benzene rings is 1. The Bertz CT molecular complexity index is 415. The van der Waals surface area contributed by atoms with E-state index in [0.29, 0.717) is 0 Å². The van der Waals surface area contributed by atoms with Crippen LogP contribution >= 0.6 is 0 Å². The van der Waals surface area contributed by atoms with Crippen LogP contribution in [0.25, 0.3) is 0 Å². The number of ether oxygens (including phenoxy) is 1. The average molecular weight is 247 g/mol. The van der Waals surface area contributed by atoms with E-state index in [-0.39, 0.29) is 0 Å². The normalized spacial score (nSPS) is 14.5. The zero-order chi connectivity index (χ0) is 12.8. The van der Waals surface area contributed by atoms with Crippen LogP contribution in [0.1, 0.15) is 12.0 Å². The molecule has 0 aliphatic carbocycles. The molecule has 0 spiro atoms. The van der Waals surface area contributed by atoms with Gasteiger partial charge in [-0.25, -0.2) is 0 Å². The Hall–Kier alpha value is -1.55. The summed E-state index contributed by atoms with van der Waals surface area (Å²) in [5.41, 5.74) is 1.11. The van der Waals surface area contributed by atoms with E-state index >= 15 is 0 Å². The first-order valence-corrected chi connectivity index (χ1v) is 6.42. The van der Waals surface area contributed by atoms with Crippen LogP contribution in [0.2, 0.25) is 0 Å². The van der Waals surface area contributed by atoms with Crippen LogP contribution in [0.5, 0.6) is 5.75 Å². The van der Waals surface area contributed by atoms with Gasteiger partial charge in [-0.05, 0) is 32.6 Å². The largest absolute Gasteiger partial charge is 0.494 e. The Labute approximate surface area is 109 Å². The summed E-state index contributed by atoms with van der Waals surface area (Å²) in [4.78, 5) is 6.57. The summed E-state index contributed by atoms with van der Waals surface area (Å²) in [6.45, 7) is 3.60. The van der Waals surface area contributed by atoms with Gasteiger partial charge in [0.1, 0.15) is 11.6 Å². The van der Waals surface area contributed by atoms with E-state index in [1.807, 2.05) is 18.2 Å². The van der Waals surface area contributed by atoms with Crippen molar-refractivity contribution in [2.24, 2.45) is 4.99 Å². The highest BCUT2D eigenvalue weighted by Gasteiger charge is 2.08. The molecule has 0 fully saturated rings. The molecule has 0 unspecified atom stereocenters. The number of nitrogens with zero attached hydrogens (tertiary/aromatic N) is 2. The molecule has 18 heavy (non-hydrogen) atoms. The van der Waals surface area contributed by atoms with E-state index in [0.717, 1.165) is 49.8 Å². The molecule has 0 amide bonds. The molecule has 1 aliphatic rings. The monoisotopic (exact) mass is 247 g/mol. The van der Waals surface area contributed by atoms with Crippen molar-refractivity contribution in [2.45, 2.75) is 6.42 Å². The number of hydrogen-bond acceptors (Lipinski definition) is 4. The van der Waals surface area contributed by atoms with Gasteiger partial charge in [0.05, 0.1) is 13.2 Å². The first-order valence-electron chi connectivity index (χ1n) is 6.42. The molecular weight excluding hydrogens is 226 g/mol. The maximum Gasteiger partial charge on any atom is 0.128 e. The Morgan fingerprint density at radius 3 is 3.00 bits per heavy atom. The number of nitrogens with one attached hydrogen (secondary N) is 1. The van der Waals surface area contributed by atoms with E-state index in [1.54, 1.807) is 0 Å². The van der Waals surface area contributed by atoms with Gasteiger partial charge in [0.15, 0.2) is 0 Å². The fourth-order valence-electron chi connectivity index (χ4n) is 1.90. The SMILES string of the molecule is CN(C)CCCOc1cccc(C2=NCCN2)c1. The fraction of sp³-hybridized carbons (Fsp3) is 0.500. The Morgan fingerprint density at radius 2 is 2.28 bits per heavy atom. The zero-order valence-electron chi connectivity index (χ0n) is 11.1. The van der Waals surface area contributed by atoms with Gasteiger partial charge in [0, 0.05) is 18.7 Å². The number of amidine groups is 1. The van der Waals surface area contributed by atoms with Gasteiger partial charge in [0.25, 0.3) is 0 Å². The highest BCUT2D eigenvalue weighted by molar-refractivity contribution is 6.00. The van der Waals surface area contributed by atoms with Crippen LogP contribution in [0, 0.1) is 0 Å². The third-order valence-electron chi connectivity index (χ3n) is 2.80. The predicted octanol–water partition coefficient (Wildman–Crippen LogP) is 1.37. The van der Waals surface area contributed by atoms with Crippen molar-refractivity contribution in [3.8, 4) is 5.75 Å². The van der Waals surface area contributed by atoms with E-state index in [2.05, 4.69) is 35.4 Å². The molecular formula is C14H21N3O. The molecule has 1 N–H and O–H groups in total. The highest BCUT2D eigenvalue weighted by Crippen LogP contribution is 2.14. The van der Waals surface area contributed by atoms with E-state index in [4.69, 9.17) is 4.74 Å². The third kappa shape index (κ3) is 3.74. The lowest BCUT2D eigenvalue weighted by atomic mass is 10.2. The van der Waals surface area contributed by atoms with Crippen molar-refractivity contribution >= 4 is 5.84 Å². The Balaban J connectivity index is 1.87. The van der Waals surface area contributed by atoms with Crippen molar-refractivity contribution in [2.75, 3.05) is 40.3 Å². The van der Waals surface area contributed by atoms with Gasteiger partial charge < -0.3 is 15.0 Å². The summed E-state index contributed by atoms with van der Waals surface area (Å²) >= 11 is 0. The van der Waals surface area contributed by atoms with Crippen LogP contribution in [0.15, 0.2) is 29.3 Å². The van der Waals surface area contributed by atoms with Crippen molar-refractivity contribution < 1.29 is 4.74 Å². The van der Waals surface area contributed by atoms with Crippen LogP contribution in [0.4, 0.5) is 0 Å². The topological polar surface area (TPSA) is 36.9 Å². The highest BCUT2D eigenvalue weighted by atomic mass is 16.5. The number of hydrogen-bond donors (Lipinski definition) is 1. The molecule has 1 aromatic rings. The standard InChI is InChI=1S/C14H21N3O/c1-17(2)9-4-10-18-13-6-3-5-12(11-13)14-15-7-8-16-14/h3,5-6,11H,4,7-10H2,1-2H3,(H,15,16). The zero-order valence-corrected chi connectivity index (χ0v) is 11.1. The van der Waals surface area contributed by atoms with Gasteiger partial charge in [-0.15, -0.1) is 0 Å². The van der Waals surface area contributed by atoms with Crippen LogP contribution in [-0.4, -0.2) is 51.1 Å². The quantitative estimate of drug-likeness (QED) is 0.771. The van der Waals surface area contributed by atoms with Gasteiger partial charge in [-0.1, -0.05) is 12.1 Å². The Morgan fingerprint density at radius 1 is 1.39 bits per heavy atom. The fourth-order valence-corrected chi connectivity index (χ4v) is 1.90. The molecule has 98 valence electrons. The second-order valence-corrected chi connectivity index (χ2v) is 4.69. The third-order valence-corrected chi connectivity index (χ3v) is 2.80. The van der Waals surface area contributed by atoms with Gasteiger partial charge in [0.2, 0.25) is 0 Å². The molecule has 1 aliphatic heterocycles. The minimum atomic E-state index is 0.752. The molecule has 0 atom stereocenters. The first-order chi connectivity index (χ1) is 8.75. The molecule has 1 heterocycles. The lowest BCUT2D eigenvalue weighted by Crippen LogP contribution is -2.19. The summed E-state index contributed by atoms with van der Waals surface area (Å²) in [6, 6.07) is 8.12. The van der Waals surface area contributed by atoms with Gasteiger partial charge in [-0.3, -0.25) is 4.99 Å². The smallest absolute Gasteiger partial charge is 0.128 e. The van der Waals surface area contributed by atoms with Crippen molar-refractivity contribution in [1.29, 1.82) is 0 Å². The summed E-state index contributed by atoms with van der Waals surface area (Å²) < 4.78 is 5.75. The molecule has 0 bridgehead atoms. The van der Waals surface area contributed by atoms with Gasteiger partial charge >= 0.3 is 0 Å². The molecule has 1 aromatic carbocycles. The minimum absolute atomic E-state index is 0.752. The molecule has 2 rings (SSSR count). The summed E-state index contributed by atoms with van der Waals surface area (Å²) in [5, 5.41) is 3.27. The lowest BCUT2D eigenvalue weighted by molar-refractivity contribution is 0.281. The van der Waals surface area contributed by atoms with E-state index in [9.17, 15) is 0 Å². The minimum Gasteiger partial charge on any atom is -0.494 e. The second-order valence-electron chi connectivity index (χ2n) is 4.69. The second kappa shape index (κ2) is 6.40. The van der Waals surface area contributed by atoms with Crippen LogP contribution in [-0.2, 0) is 0 Å². The summed E-state index contributed by atoms with van der Waals surface area (Å²) in [7, 11) is 4.15. The maximum atomic E-state index is 5.75. The van der Waals surface area contributed by atoms with Crippen molar-refractivity contribution in [1.82, 2.24) is 10.2 Å². The van der Waals surface area contributed by atoms with Crippen molar-refractivity contribution in [3.05, 3.63) is 29.8 Å². The molecule has 4 nitrogen and oxygen atoms in total. The summed E-state index contributed by atoms with van der Waals surface area (Å²) in [6.07, 6.45) is 1.04. The number of rotatable bonds is 6. The van der Waals surface area contributed by atoms with E-state index < -0.39 is 0 Å². The first kappa shape index (κ1) is 12.9. The van der Waals surface area contributed by atoms with Crippen molar-refractivity contribution in [3.63, 3.8) is 0 Å². The lowest BCUT2D eigenvalue weighted by Gasteiger charge is -2.11. The number of aliphatic imine (C=N–C) groups is 1. The predicted molar refractivity (Wildman–Crippen MR) is 74.5 cm³/mol. The van der Waals surface area contributed by atoms with E-state index in [1.165, 1.54) is 0 Å². The molecule has 4 heteroatoms. The molecule has 0 radical (unpaired) electrons. The van der Waals surface area contributed by atoms with Crippen LogP contribution < -0.4 is 10.1 Å².